The average molecular weight is 413 g/mol. The van der Waals surface area contributed by atoms with E-state index in [9.17, 15) is 4.79 Å². The van der Waals surface area contributed by atoms with E-state index in [0.717, 1.165) is 29.5 Å². The van der Waals surface area contributed by atoms with Crippen LogP contribution in [0.2, 0.25) is 0 Å². The van der Waals surface area contributed by atoms with Crippen molar-refractivity contribution < 1.29 is 28.5 Å². The smallest absolute Gasteiger partial charge is 0.252 e. The molecule has 0 bridgehead atoms. The van der Waals surface area contributed by atoms with Crippen molar-refractivity contribution in [2.75, 3.05) is 41.1 Å². The third-order valence-electron chi connectivity index (χ3n) is 5.55. The normalized spacial score (nSPS) is 18.2. The molecule has 7 nitrogen and oxygen atoms in total. The van der Waals surface area contributed by atoms with Gasteiger partial charge in [-0.15, -0.1) is 0 Å². The van der Waals surface area contributed by atoms with E-state index < -0.39 is 0 Å². The zero-order valence-corrected chi connectivity index (χ0v) is 17.6. The van der Waals surface area contributed by atoms with Crippen LogP contribution in [0.15, 0.2) is 30.3 Å². The first-order chi connectivity index (χ1) is 14.7. The number of hydrogen-bond acceptors (Lipinski definition) is 6. The fraction of sp³-hybridized carbons (Fsp3) is 0.435. The van der Waals surface area contributed by atoms with Gasteiger partial charge in [-0.05, 0) is 42.7 Å². The zero-order chi connectivity index (χ0) is 21.1. The number of hydrogen-bond donors (Lipinski definition) is 0. The first kappa shape index (κ1) is 20.3. The van der Waals surface area contributed by atoms with Gasteiger partial charge in [0.2, 0.25) is 0 Å². The summed E-state index contributed by atoms with van der Waals surface area (Å²) < 4.78 is 28.4. The molecule has 1 amide bonds. The molecule has 0 spiro atoms. The average Bonchev–Trinajstić information content (AvgIpc) is 3.24. The summed E-state index contributed by atoms with van der Waals surface area (Å²) in [6.07, 6.45) is 1.33. The Bertz CT molecular complexity index is 900. The molecule has 160 valence electrons. The number of carbonyl (C=O) groups is 1. The summed E-state index contributed by atoms with van der Waals surface area (Å²) in [5, 5.41) is 0. The Kier molecular flexibility index (Phi) is 5.99. The van der Waals surface area contributed by atoms with Gasteiger partial charge in [-0.1, -0.05) is 6.07 Å². The highest BCUT2D eigenvalue weighted by Gasteiger charge is 2.31. The minimum absolute atomic E-state index is 0.0168. The van der Waals surface area contributed by atoms with Crippen molar-refractivity contribution in [1.29, 1.82) is 0 Å². The molecule has 0 aliphatic carbocycles. The maximum Gasteiger partial charge on any atom is 0.252 e. The molecule has 0 unspecified atom stereocenters. The van der Waals surface area contributed by atoms with E-state index >= 15 is 0 Å². The number of ether oxygens (including phenoxy) is 5. The number of nitrogens with zero attached hydrogens (tertiary/aromatic N) is 1. The van der Waals surface area contributed by atoms with Gasteiger partial charge in [0, 0.05) is 18.7 Å². The van der Waals surface area contributed by atoms with Gasteiger partial charge in [0.1, 0.15) is 24.2 Å². The van der Waals surface area contributed by atoms with Crippen molar-refractivity contribution in [3.05, 3.63) is 35.9 Å². The van der Waals surface area contributed by atoms with E-state index in [4.69, 9.17) is 23.7 Å². The van der Waals surface area contributed by atoms with Crippen molar-refractivity contribution in [2.45, 2.75) is 25.5 Å². The molecule has 0 aromatic heterocycles. The Morgan fingerprint density at radius 1 is 1.03 bits per heavy atom. The van der Waals surface area contributed by atoms with Gasteiger partial charge < -0.3 is 28.6 Å². The topological polar surface area (TPSA) is 66.5 Å². The zero-order valence-electron chi connectivity index (χ0n) is 17.6. The SMILES string of the molecule is COc1cc(-c2c(OC)cccc2OC)cc2c1OCCN(C(=O)[C@@H]1CCCO1)C2. The van der Waals surface area contributed by atoms with Crippen LogP contribution in [0.4, 0.5) is 0 Å². The third-order valence-corrected chi connectivity index (χ3v) is 5.55. The van der Waals surface area contributed by atoms with Crippen molar-refractivity contribution in [3.8, 4) is 34.1 Å². The molecule has 2 aliphatic rings. The lowest BCUT2D eigenvalue weighted by Crippen LogP contribution is -2.39. The summed E-state index contributed by atoms with van der Waals surface area (Å²) >= 11 is 0. The number of rotatable bonds is 5. The quantitative estimate of drug-likeness (QED) is 0.750. The van der Waals surface area contributed by atoms with Crippen LogP contribution in [0.25, 0.3) is 11.1 Å². The highest BCUT2D eigenvalue weighted by Crippen LogP contribution is 2.44. The Labute approximate surface area is 176 Å². The van der Waals surface area contributed by atoms with Crippen LogP contribution in [0.3, 0.4) is 0 Å². The Morgan fingerprint density at radius 2 is 1.77 bits per heavy atom. The van der Waals surface area contributed by atoms with Gasteiger partial charge in [0.15, 0.2) is 11.5 Å². The highest BCUT2D eigenvalue weighted by atomic mass is 16.5. The van der Waals surface area contributed by atoms with Crippen molar-refractivity contribution in [1.82, 2.24) is 4.90 Å². The molecule has 2 heterocycles. The molecule has 7 heteroatoms. The van der Waals surface area contributed by atoms with E-state index in [0.29, 0.717) is 49.3 Å². The molecule has 2 aliphatic heterocycles. The van der Waals surface area contributed by atoms with Crippen LogP contribution in [0, 0.1) is 0 Å². The number of fused-ring (bicyclic) bond motifs is 1. The minimum Gasteiger partial charge on any atom is -0.496 e. The molecule has 0 radical (unpaired) electrons. The fourth-order valence-electron chi connectivity index (χ4n) is 4.08. The standard InChI is InChI=1S/C23H27NO6/c1-26-17-6-4-7-18(27-2)21(17)15-12-16-14-24(23(25)19-8-5-10-29-19)9-11-30-22(16)20(13-15)28-3/h4,6-7,12-13,19H,5,8-11,14H2,1-3H3/t19-/m0/s1. The molecule has 30 heavy (non-hydrogen) atoms. The lowest BCUT2D eigenvalue weighted by Gasteiger charge is -2.23. The number of carbonyl (C=O) groups excluding carboxylic acids is 1. The van der Waals surface area contributed by atoms with E-state index in [1.165, 1.54) is 0 Å². The van der Waals surface area contributed by atoms with E-state index in [2.05, 4.69) is 0 Å². The summed E-state index contributed by atoms with van der Waals surface area (Å²) in [6.45, 7) is 1.97. The maximum absolute atomic E-state index is 12.9. The van der Waals surface area contributed by atoms with E-state index in [1.54, 1.807) is 21.3 Å². The summed E-state index contributed by atoms with van der Waals surface area (Å²) in [7, 11) is 4.87. The molecule has 4 rings (SSSR count). The summed E-state index contributed by atoms with van der Waals surface area (Å²) in [4.78, 5) is 14.8. The first-order valence-corrected chi connectivity index (χ1v) is 10.1. The van der Waals surface area contributed by atoms with Gasteiger partial charge >= 0.3 is 0 Å². The second-order valence-electron chi connectivity index (χ2n) is 7.31. The summed E-state index contributed by atoms with van der Waals surface area (Å²) in [5.41, 5.74) is 2.57. The number of methoxy groups -OCH3 is 3. The van der Waals surface area contributed by atoms with Crippen molar-refractivity contribution in [3.63, 3.8) is 0 Å². The van der Waals surface area contributed by atoms with Crippen LogP contribution in [-0.2, 0) is 16.1 Å². The molecule has 1 atom stereocenters. The van der Waals surface area contributed by atoms with Crippen molar-refractivity contribution in [2.24, 2.45) is 0 Å². The van der Waals surface area contributed by atoms with Crippen LogP contribution < -0.4 is 18.9 Å². The number of amides is 1. The lowest BCUT2D eigenvalue weighted by atomic mass is 9.99. The summed E-state index contributed by atoms with van der Waals surface area (Å²) in [5.74, 6) is 2.68. The van der Waals surface area contributed by atoms with Crippen LogP contribution in [-0.4, -0.2) is 58.0 Å². The molecule has 2 aromatic carbocycles. The second kappa shape index (κ2) is 8.83. The maximum atomic E-state index is 12.9. The van der Waals surface area contributed by atoms with Gasteiger partial charge in [0.05, 0.1) is 33.4 Å². The molecular weight excluding hydrogens is 386 g/mol. The monoisotopic (exact) mass is 413 g/mol. The van der Waals surface area contributed by atoms with Gasteiger partial charge in [-0.25, -0.2) is 0 Å². The summed E-state index contributed by atoms with van der Waals surface area (Å²) in [6, 6.07) is 9.59. The predicted molar refractivity (Wildman–Crippen MR) is 111 cm³/mol. The van der Waals surface area contributed by atoms with E-state index in [-0.39, 0.29) is 12.0 Å². The van der Waals surface area contributed by atoms with Gasteiger partial charge in [0.25, 0.3) is 5.91 Å². The highest BCUT2D eigenvalue weighted by molar-refractivity contribution is 5.82. The molecule has 0 saturated carbocycles. The van der Waals surface area contributed by atoms with Crippen LogP contribution in [0.5, 0.6) is 23.0 Å². The first-order valence-electron chi connectivity index (χ1n) is 10.1. The number of benzene rings is 2. The molecule has 1 saturated heterocycles. The van der Waals surface area contributed by atoms with E-state index in [1.807, 2.05) is 35.2 Å². The largest absolute Gasteiger partial charge is 0.496 e. The van der Waals surface area contributed by atoms with Gasteiger partial charge in [-0.3, -0.25) is 4.79 Å². The van der Waals surface area contributed by atoms with Gasteiger partial charge in [-0.2, -0.15) is 0 Å². The Balaban J connectivity index is 1.76. The lowest BCUT2D eigenvalue weighted by molar-refractivity contribution is -0.141. The van der Waals surface area contributed by atoms with Crippen molar-refractivity contribution >= 4 is 5.91 Å². The Morgan fingerprint density at radius 3 is 2.40 bits per heavy atom. The molecular formula is C23H27NO6. The second-order valence-corrected chi connectivity index (χ2v) is 7.31. The fourth-order valence-corrected chi connectivity index (χ4v) is 4.08. The Hall–Kier alpha value is -2.93. The molecule has 2 aromatic rings. The third kappa shape index (κ3) is 3.77. The van der Waals surface area contributed by atoms with Crippen LogP contribution >= 0.6 is 0 Å². The molecule has 1 fully saturated rings. The predicted octanol–water partition coefficient (Wildman–Crippen LogP) is 3.28. The molecule has 0 N–H and O–H groups in total. The van der Waals surface area contributed by atoms with Crippen LogP contribution in [0.1, 0.15) is 18.4 Å². The minimum atomic E-state index is -0.356.